The molecule has 122 valence electrons. The Morgan fingerprint density at radius 1 is 1.04 bits per heavy atom. The minimum atomic E-state index is -0.103. The molecule has 0 fully saturated rings. The fourth-order valence-electron chi connectivity index (χ4n) is 2.14. The highest BCUT2D eigenvalue weighted by Crippen LogP contribution is 2.33. The minimum Gasteiger partial charge on any atom is -0.493 e. The quantitative estimate of drug-likeness (QED) is 0.729. The average molecular weight is 443 g/mol. The first-order valence-electron chi connectivity index (χ1n) is 7.00. The van der Waals surface area contributed by atoms with E-state index in [1.165, 1.54) is 0 Å². The highest BCUT2D eigenvalue weighted by atomic mass is 79.9. The van der Waals surface area contributed by atoms with Crippen molar-refractivity contribution >= 4 is 37.8 Å². The highest BCUT2D eigenvalue weighted by molar-refractivity contribution is 9.10. The van der Waals surface area contributed by atoms with Crippen LogP contribution in [0.2, 0.25) is 0 Å². The van der Waals surface area contributed by atoms with Gasteiger partial charge < -0.3 is 14.8 Å². The molecule has 0 saturated heterocycles. The molecule has 1 amide bonds. The van der Waals surface area contributed by atoms with Gasteiger partial charge in [-0.1, -0.05) is 28.1 Å². The molecule has 0 atom stereocenters. The third-order valence-corrected chi connectivity index (χ3v) is 4.78. The summed E-state index contributed by atoms with van der Waals surface area (Å²) in [6, 6.07) is 11.1. The SMILES string of the molecule is COc1cc(Br)c(CCNC(=O)c2ccccc2Br)cc1OC. The molecule has 2 aromatic rings. The lowest BCUT2D eigenvalue weighted by Gasteiger charge is -2.12. The van der Waals surface area contributed by atoms with Crippen LogP contribution in [0.1, 0.15) is 15.9 Å². The molecule has 2 aromatic carbocycles. The molecule has 6 heteroatoms. The Morgan fingerprint density at radius 2 is 1.70 bits per heavy atom. The first kappa shape index (κ1) is 17.8. The molecule has 0 unspecified atom stereocenters. The van der Waals surface area contributed by atoms with Crippen molar-refractivity contribution in [1.82, 2.24) is 5.32 Å². The van der Waals surface area contributed by atoms with Gasteiger partial charge in [0.05, 0.1) is 19.8 Å². The third-order valence-electron chi connectivity index (χ3n) is 3.35. The van der Waals surface area contributed by atoms with Gasteiger partial charge in [0, 0.05) is 15.5 Å². The summed E-state index contributed by atoms with van der Waals surface area (Å²) in [7, 11) is 3.20. The molecule has 4 nitrogen and oxygen atoms in total. The van der Waals surface area contributed by atoms with E-state index in [4.69, 9.17) is 9.47 Å². The Morgan fingerprint density at radius 3 is 2.35 bits per heavy atom. The van der Waals surface area contributed by atoms with Gasteiger partial charge in [-0.25, -0.2) is 0 Å². The normalized spacial score (nSPS) is 10.3. The standard InChI is InChI=1S/C17H17Br2NO3/c1-22-15-9-11(14(19)10-16(15)23-2)7-8-20-17(21)12-5-3-4-6-13(12)18/h3-6,9-10H,7-8H2,1-2H3,(H,20,21). The van der Waals surface area contributed by atoms with Gasteiger partial charge in [0.1, 0.15) is 0 Å². The van der Waals surface area contributed by atoms with Gasteiger partial charge in [-0.15, -0.1) is 0 Å². The van der Waals surface area contributed by atoms with Crippen molar-refractivity contribution < 1.29 is 14.3 Å². The fraction of sp³-hybridized carbons (Fsp3) is 0.235. The van der Waals surface area contributed by atoms with Crippen molar-refractivity contribution in [3.8, 4) is 11.5 Å². The molecule has 0 spiro atoms. The monoisotopic (exact) mass is 441 g/mol. The average Bonchev–Trinajstić information content (AvgIpc) is 2.56. The number of carbonyl (C=O) groups is 1. The van der Waals surface area contributed by atoms with Crippen LogP contribution >= 0.6 is 31.9 Å². The Bertz CT molecular complexity index is 704. The molecule has 1 N–H and O–H groups in total. The van der Waals surface area contributed by atoms with Crippen LogP contribution in [0.4, 0.5) is 0 Å². The lowest BCUT2D eigenvalue weighted by atomic mass is 10.1. The summed E-state index contributed by atoms with van der Waals surface area (Å²) < 4.78 is 12.3. The third kappa shape index (κ3) is 4.48. The Kier molecular flexibility index (Phi) is 6.47. The zero-order valence-corrected chi connectivity index (χ0v) is 16.0. The van der Waals surface area contributed by atoms with E-state index in [1.54, 1.807) is 20.3 Å². The van der Waals surface area contributed by atoms with Crippen LogP contribution in [0.3, 0.4) is 0 Å². The predicted molar refractivity (Wildman–Crippen MR) is 97.4 cm³/mol. The lowest BCUT2D eigenvalue weighted by molar-refractivity contribution is 0.0953. The van der Waals surface area contributed by atoms with Crippen LogP contribution < -0.4 is 14.8 Å². The number of carbonyl (C=O) groups excluding carboxylic acids is 1. The van der Waals surface area contributed by atoms with Crippen molar-refractivity contribution in [3.05, 3.63) is 56.5 Å². The van der Waals surface area contributed by atoms with Gasteiger partial charge in [-0.05, 0) is 52.2 Å². The van der Waals surface area contributed by atoms with Crippen LogP contribution in [0.25, 0.3) is 0 Å². The van der Waals surface area contributed by atoms with E-state index in [-0.39, 0.29) is 5.91 Å². The number of hydrogen-bond acceptors (Lipinski definition) is 3. The van der Waals surface area contributed by atoms with Gasteiger partial charge in [-0.3, -0.25) is 4.79 Å². The Labute approximate surface area is 152 Å². The smallest absolute Gasteiger partial charge is 0.252 e. The number of rotatable bonds is 6. The second-order valence-electron chi connectivity index (χ2n) is 4.78. The van der Waals surface area contributed by atoms with E-state index in [9.17, 15) is 4.79 Å². The maximum Gasteiger partial charge on any atom is 0.252 e. The van der Waals surface area contributed by atoms with Crippen LogP contribution in [-0.2, 0) is 6.42 Å². The molecule has 0 aliphatic rings. The Balaban J connectivity index is 2.01. The summed E-state index contributed by atoms with van der Waals surface area (Å²) in [6.45, 7) is 0.522. The number of amides is 1. The second kappa shape index (κ2) is 8.36. The maximum absolute atomic E-state index is 12.2. The molecule has 0 bridgehead atoms. The van der Waals surface area contributed by atoms with E-state index >= 15 is 0 Å². The van der Waals surface area contributed by atoms with Crippen molar-refractivity contribution in [3.63, 3.8) is 0 Å². The lowest BCUT2D eigenvalue weighted by Crippen LogP contribution is -2.26. The van der Waals surface area contributed by atoms with Crippen LogP contribution in [-0.4, -0.2) is 26.7 Å². The molecule has 0 aromatic heterocycles. The van der Waals surface area contributed by atoms with E-state index in [1.807, 2.05) is 30.3 Å². The van der Waals surface area contributed by atoms with Crippen molar-refractivity contribution in [2.24, 2.45) is 0 Å². The summed E-state index contributed by atoms with van der Waals surface area (Å²) in [5, 5.41) is 2.92. The molecule has 0 aliphatic carbocycles. The molecule has 0 aliphatic heterocycles. The topological polar surface area (TPSA) is 47.6 Å². The molecule has 0 heterocycles. The summed E-state index contributed by atoms with van der Waals surface area (Å²) in [4.78, 5) is 12.2. The van der Waals surface area contributed by atoms with Crippen LogP contribution in [0, 0.1) is 0 Å². The molecular weight excluding hydrogens is 426 g/mol. The number of hydrogen-bond donors (Lipinski definition) is 1. The first-order valence-corrected chi connectivity index (χ1v) is 8.58. The summed E-state index contributed by atoms with van der Waals surface area (Å²) in [6.07, 6.45) is 0.678. The van der Waals surface area contributed by atoms with Crippen LogP contribution in [0.5, 0.6) is 11.5 Å². The number of methoxy groups -OCH3 is 2. The molecule has 0 saturated carbocycles. The van der Waals surface area contributed by atoms with Gasteiger partial charge >= 0.3 is 0 Å². The van der Waals surface area contributed by atoms with E-state index in [2.05, 4.69) is 37.2 Å². The zero-order valence-electron chi connectivity index (χ0n) is 12.9. The van der Waals surface area contributed by atoms with E-state index in [0.717, 1.165) is 14.5 Å². The number of halogens is 2. The molecule has 23 heavy (non-hydrogen) atoms. The van der Waals surface area contributed by atoms with Crippen molar-refractivity contribution in [1.29, 1.82) is 0 Å². The maximum atomic E-state index is 12.2. The molecule has 0 radical (unpaired) electrons. The van der Waals surface area contributed by atoms with Gasteiger partial charge in [0.15, 0.2) is 11.5 Å². The fourth-order valence-corrected chi connectivity index (χ4v) is 3.12. The first-order chi connectivity index (χ1) is 11.1. The van der Waals surface area contributed by atoms with E-state index < -0.39 is 0 Å². The highest BCUT2D eigenvalue weighted by Gasteiger charge is 2.11. The number of benzene rings is 2. The molecule has 2 rings (SSSR count). The van der Waals surface area contributed by atoms with Gasteiger partial charge in [0.25, 0.3) is 5.91 Å². The zero-order chi connectivity index (χ0) is 16.8. The largest absolute Gasteiger partial charge is 0.493 e. The van der Waals surface area contributed by atoms with Gasteiger partial charge in [-0.2, -0.15) is 0 Å². The predicted octanol–water partition coefficient (Wildman–Crippen LogP) is 4.20. The molecular formula is C17H17Br2NO3. The minimum absolute atomic E-state index is 0.103. The van der Waals surface area contributed by atoms with Crippen molar-refractivity contribution in [2.45, 2.75) is 6.42 Å². The second-order valence-corrected chi connectivity index (χ2v) is 6.49. The summed E-state index contributed by atoms with van der Waals surface area (Å²) >= 11 is 6.90. The van der Waals surface area contributed by atoms with Crippen molar-refractivity contribution in [2.75, 3.05) is 20.8 Å². The summed E-state index contributed by atoms with van der Waals surface area (Å²) in [5.41, 5.74) is 1.66. The van der Waals surface area contributed by atoms with Gasteiger partial charge in [0.2, 0.25) is 0 Å². The van der Waals surface area contributed by atoms with E-state index in [0.29, 0.717) is 30.0 Å². The Hall–Kier alpha value is -1.53. The number of nitrogens with one attached hydrogen (secondary N) is 1. The van der Waals surface area contributed by atoms with Crippen LogP contribution in [0.15, 0.2) is 45.3 Å². The summed E-state index contributed by atoms with van der Waals surface area (Å²) in [5.74, 6) is 1.23. The number of ether oxygens (including phenoxy) is 2.